The van der Waals surface area contributed by atoms with Gasteiger partial charge in [0.05, 0.1) is 27.8 Å². The Morgan fingerprint density at radius 2 is 1.55 bits per heavy atom. The number of hydrogen-bond acceptors (Lipinski definition) is 7. The van der Waals surface area contributed by atoms with Crippen LogP contribution in [0, 0.1) is 24.0 Å². The molecule has 9 heteroatoms. The highest BCUT2D eigenvalue weighted by atomic mass is 32.2. The second-order valence-corrected chi connectivity index (χ2v) is 10.7. The SMILES string of the molecule is CCOc1cc(/C=C2\SC(=Nc3ccc(C)cc3)N(c3ccc(C)cc3)C2=O)ccc1OCc1ccc([N+](=O)[O-])cc1. The smallest absolute Gasteiger partial charge is 0.271 e. The number of carbonyl (C=O) groups is 1. The van der Waals surface area contributed by atoms with E-state index in [4.69, 9.17) is 14.5 Å². The van der Waals surface area contributed by atoms with Crippen LogP contribution < -0.4 is 14.4 Å². The Labute approximate surface area is 248 Å². The van der Waals surface area contributed by atoms with Crippen molar-refractivity contribution in [1.29, 1.82) is 0 Å². The Morgan fingerprint density at radius 1 is 0.881 bits per heavy atom. The van der Waals surface area contributed by atoms with Crippen molar-refractivity contribution < 1.29 is 19.2 Å². The Kier molecular flexibility index (Phi) is 8.68. The predicted molar refractivity (Wildman–Crippen MR) is 168 cm³/mol. The van der Waals surface area contributed by atoms with Crippen molar-refractivity contribution in [3.05, 3.63) is 128 Å². The second-order valence-electron chi connectivity index (χ2n) is 9.67. The van der Waals surface area contributed by atoms with Gasteiger partial charge in [-0.2, -0.15) is 0 Å². The van der Waals surface area contributed by atoms with Gasteiger partial charge in [0, 0.05) is 12.1 Å². The van der Waals surface area contributed by atoms with Crippen molar-refractivity contribution in [1.82, 2.24) is 0 Å². The molecule has 42 heavy (non-hydrogen) atoms. The number of nitro groups is 1. The van der Waals surface area contributed by atoms with Crippen LogP contribution in [-0.4, -0.2) is 22.6 Å². The summed E-state index contributed by atoms with van der Waals surface area (Å²) in [6.45, 7) is 6.56. The molecule has 1 heterocycles. The van der Waals surface area contributed by atoms with E-state index in [1.165, 1.54) is 23.9 Å². The largest absolute Gasteiger partial charge is 0.490 e. The summed E-state index contributed by atoms with van der Waals surface area (Å²) in [5.74, 6) is 0.907. The number of ether oxygens (including phenoxy) is 2. The number of nitrogens with zero attached hydrogens (tertiary/aromatic N) is 3. The first kappa shape index (κ1) is 28.6. The number of aryl methyl sites for hydroxylation is 2. The molecule has 4 aromatic carbocycles. The fraction of sp³-hybridized carbons (Fsp3) is 0.152. The van der Waals surface area contributed by atoms with Crippen LogP contribution >= 0.6 is 11.8 Å². The molecule has 0 aliphatic carbocycles. The highest BCUT2D eigenvalue weighted by Gasteiger charge is 2.34. The maximum absolute atomic E-state index is 13.7. The number of non-ortho nitro benzene ring substituents is 1. The molecule has 212 valence electrons. The maximum Gasteiger partial charge on any atom is 0.271 e. The number of aliphatic imine (C=N–C) groups is 1. The van der Waals surface area contributed by atoms with Gasteiger partial charge < -0.3 is 9.47 Å². The van der Waals surface area contributed by atoms with Crippen molar-refractivity contribution in [2.24, 2.45) is 4.99 Å². The van der Waals surface area contributed by atoms with E-state index in [0.29, 0.717) is 28.2 Å². The monoisotopic (exact) mass is 579 g/mol. The molecule has 4 aromatic rings. The summed E-state index contributed by atoms with van der Waals surface area (Å²) in [5.41, 5.74) is 5.34. The summed E-state index contributed by atoms with van der Waals surface area (Å²) in [6.07, 6.45) is 1.83. The molecule has 0 radical (unpaired) electrons. The van der Waals surface area contributed by atoms with Crippen molar-refractivity contribution in [2.75, 3.05) is 11.5 Å². The molecular weight excluding hydrogens is 550 g/mol. The molecule has 8 nitrogen and oxygen atoms in total. The molecule has 5 rings (SSSR count). The van der Waals surface area contributed by atoms with Gasteiger partial charge in [-0.3, -0.25) is 19.8 Å². The van der Waals surface area contributed by atoms with Crippen LogP contribution in [0.4, 0.5) is 17.1 Å². The molecule has 0 atom stereocenters. The van der Waals surface area contributed by atoms with Gasteiger partial charge in [-0.1, -0.05) is 41.5 Å². The minimum absolute atomic E-state index is 0.0264. The molecule has 0 aromatic heterocycles. The lowest BCUT2D eigenvalue weighted by Gasteiger charge is -2.16. The van der Waals surface area contributed by atoms with E-state index < -0.39 is 4.92 Å². The zero-order valence-electron chi connectivity index (χ0n) is 23.4. The van der Waals surface area contributed by atoms with E-state index in [2.05, 4.69) is 0 Å². The molecular formula is C33H29N3O5S. The highest BCUT2D eigenvalue weighted by molar-refractivity contribution is 8.19. The number of carbonyl (C=O) groups excluding carboxylic acids is 1. The molecule has 1 amide bonds. The van der Waals surface area contributed by atoms with E-state index in [1.54, 1.807) is 23.1 Å². The lowest BCUT2D eigenvalue weighted by atomic mass is 10.1. The summed E-state index contributed by atoms with van der Waals surface area (Å²) >= 11 is 1.32. The molecule has 0 bridgehead atoms. The highest BCUT2D eigenvalue weighted by Crippen LogP contribution is 2.38. The van der Waals surface area contributed by atoms with Gasteiger partial charge in [0.2, 0.25) is 0 Å². The molecule has 0 N–H and O–H groups in total. The maximum atomic E-state index is 13.7. The van der Waals surface area contributed by atoms with Crippen LogP contribution in [0.15, 0.2) is 101 Å². The number of thioether (sulfide) groups is 1. The van der Waals surface area contributed by atoms with Crippen LogP contribution in [0.2, 0.25) is 0 Å². The fourth-order valence-corrected chi connectivity index (χ4v) is 5.23. The number of nitro benzene ring substituents is 1. The van der Waals surface area contributed by atoms with Gasteiger partial charge in [0.25, 0.3) is 11.6 Å². The molecule has 1 fully saturated rings. The summed E-state index contributed by atoms with van der Waals surface area (Å²) in [6, 6.07) is 27.4. The molecule has 0 saturated carbocycles. The Bertz CT molecular complexity index is 1660. The zero-order chi connectivity index (χ0) is 29.6. The minimum Gasteiger partial charge on any atom is -0.490 e. The van der Waals surface area contributed by atoms with Crippen molar-refractivity contribution in [2.45, 2.75) is 27.4 Å². The van der Waals surface area contributed by atoms with Crippen LogP contribution in [0.1, 0.15) is 29.2 Å². The first-order valence-corrected chi connectivity index (χ1v) is 14.2. The van der Waals surface area contributed by atoms with Gasteiger partial charge in [-0.25, -0.2) is 4.99 Å². The van der Waals surface area contributed by atoms with Gasteiger partial charge in [-0.15, -0.1) is 0 Å². The van der Waals surface area contributed by atoms with Crippen molar-refractivity contribution in [3.8, 4) is 11.5 Å². The van der Waals surface area contributed by atoms with Gasteiger partial charge in [-0.05, 0) is 98.3 Å². The first-order chi connectivity index (χ1) is 20.3. The average molecular weight is 580 g/mol. The van der Waals surface area contributed by atoms with E-state index in [-0.39, 0.29) is 18.2 Å². The molecule has 1 saturated heterocycles. The summed E-state index contributed by atoms with van der Waals surface area (Å²) < 4.78 is 11.8. The van der Waals surface area contributed by atoms with Crippen molar-refractivity contribution in [3.63, 3.8) is 0 Å². The van der Waals surface area contributed by atoms with Gasteiger partial charge in [0.1, 0.15) is 6.61 Å². The van der Waals surface area contributed by atoms with Gasteiger partial charge >= 0.3 is 0 Å². The Balaban J connectivity index is 1.42. The van der Waals surface area contributed by atoms with Crippen LogP contribution in [0.5, 0.6) is 11.5 Å². The standard InChI is InChI=1S/C33H29N3O5S/c1-4-40-30-19-25(11-18-29(30)41-21-24-9-16-28(17-10-24)36(38)39)20-31-32(37)35(27-14-7-23(3)8-15-27)33(42-31)34-26-12-5-22(2)6-13-26/h5-20H,4,21H2,1-3H3/b31-20-,34-33?. The van der Waals surface area contributed by atoms with E-state index in [9.17, 15) is 14.9 Å². The normalized spacial score (nSPS) is 14.9. The van der Waals surface area contributed by atoms with Gasteiger partial charge in [0.15, 0.2) is 16.7 Å². The predicted octanol–water partition coefficient (Wildman–Crippen LogP) is 8.00. The number of amides is 1. The number of rotatable bonds is 9. The topological polar surface area (TPSA) is 94.3 Å². The molecule has 1 aliphatic heterocycles. The summed E-state index contributed by atoms with van der Waals surface area (Å²) in [7, 11) is 0. The van der Waals surface area contributed by atoms with Crippen LogP contribution in [0.25, 0.3) is 6.08 Å². The van der Waals surface area contributed by atoms with E-state index in [0.717, 1.165) is 33.6 Å². The number of hydrogen-bond donors (Lipinski definition) is 0. The van der Waals surface area contributed by atoms with Crippen LogP contribution in [-0.2, 0) is 11.4 Å². The number of amidine groups is 1. The number of benzene rings is 4. The first-order valence-electron chi connectivity index (χ1n) is 13.4. The third-order valence-corrected chi connectivity index (χ3v) is 7.43. The van der Waals surface area contributed by atoms with E-state index >= 15 is 0 Å². The zero-order valence-corrected chi connectivity index (χ0v) is 24.3. The molecule has 0 spiro atoms. The summed E-state index contributed by atoms with van der Waals surface area (Å²) in [5, 5.41) is 11.5. The van der Waals surface area contributed by atoms with E-state index in [1.807, 2.05) is 87.5 Å². The fourth-order valence-electron chi connectivity index (χ4n) is 4.23. The van der Waals surface area contributed by atoms with Crippen molar-refractivity contribution >= 4 is 46.0 Å². The average Bonchev–Trinajstić information content (AvgIpc) is 3.28. The second kappa shape index (κ2) is 12.7. The minimum atomic E-state index is -0.435. The third-order valence-electron chi connectivity index (χ3n) is 6.46. The third kappa shape index (κ3) is 6.70. The summed E-state index contributed by atoms with van der Waals surface area (Å²) in [4.78, 5) is 31.2. The lowest BCUT2D eigenvalue weighted by Crippen LogP contribution is -2.28. The Morgan fingerprint density at radius 3 is 2.19 bits per heavy atom. The molecule has 1 aliphatic rings. The molecule has 0 unspecified atom stereocenters. The number of anilines is 1. The van der Waals surface area contributed by atoms with Crippen LogP contribution in [0.3, 0.4) is 0 Å². The quantitative estimate of drug-likeness (QED) is 0.113. The lowest BCUT2D eigenvalue weighted by molar-refractivity contribution is -0.384. The Hall–Kier alpha value is -4.89.